The van der Waals surface area contributed by atoms with Crippen LogP contribution in [0.2, 0.25) is 0 Å². The third-order valence-electron chi connectivity index (χ3n) is 10.7. The van der Waals surface area contributed by atoms with E-state index in [0.29, 0.717) is 0 Å². The summed E-state index contributed by atoms with van der Waals surface area (Å²) in [4.78, 5) is 2.37. The van der Waals surface area contributed by atoms with E-state index in [4.69, 9.17) is 0 Å². The van der Waals surface area contributed by atoms with Crippen LogP contribution >= 0.6 is 0 Å². The van der Waals surface area contributed by atoms with Crippen molar-refractivity contribution in [3.05, 3.63) is 212 Å². The van der Waals surface area contributed by atoms with Gasteiger partial charge in [0, 0.05) is 16.8 Å². The summed E-state index contributed by atoms with van der Waals surface area (Å²) in [6.07, 6.45) is 0. The van der Waals surface area contributed by atoms with E-state index >= 15 is 0 Å². The van der Waals surface area contributed by atoms with Crippen LogP contribution < -0.4 is 4.90 Å². The second-order valence-electron chi connectivity index (χ2n) is 13.7. The molecule has 0 aliphatic rings. The first-order chi connectivity index (χ1) is 26.3. The second kappa shape index (κ2) is 13.0. The third-order valence-corrected chi connectivity index (χ3v) is 10.7. The fraction of sp³-hybridized carbons (Fsp3) is 0. The number of rotatable bonds is 6. The molecular formula is C52H35N. The van der Waals surface area contributed by atoms with Crippen LogP contribution in [0.25, 0.3) is 76.5 Å². The van der Waals surface area contributed by atoms with Gasteiger partial charge in [-0.15, -0.1) is 0 Å². The Morgan fingerprint density at radius 3 is 1.25 bits per heavy atom. The van der Waals surface area contributed by atoms with Crippen LogP contribution in [0.1, 0.15) is 0 Å². The number of hydrogen-bond acceptors (Lipinski definition) is 1. The predicted molar refractivity (Wildman–Crippen MR) is 227 cm³/mol. The maximum atomic E-state index is 2.37. The topological polar surface area (TPSA) is 3.24 Å². The minimum absolute atomic E-state index is 1.11. The molecule has 10 aromatic rings. The van der Waals surface area contributed by atoms with E-state index in [2.05, 4.69) is 217 Å². The molecule has 0 fully saturated rings. The highest BCUT2D eigenvalue weighted by Gasteiger charge is 2.17. The fourth-order valence-corrected chi connectivity index (χ4v) is 8.11. The molecule has 0 spiro atoms. The van der Waals surface area contributed by atoms with Gasteiger partial charge in [0.2, 0.25) is 0 Å². The van der Waals surface area contributed by atoms with Crippen LogP contribution in [0.3, 0.4) is 0 Å². The van der Waals surface area contributed by atoms with Gasteiger partial charge in [-0.2, -0.15) is 0 Å². The quantitative estimate of drug-likeness (QED) is 0.159. The van der Waals surface area contributed by atoms with Crippen molar-refractivity contribution >= 4 is 60.2 Å². The highest BCUT2D eigenvalue weighted by atomic mass is 15.1. The monoisotopic (exact) mass is 673 g/mol. The van der Waals surface area contributed by atoms with Crippen molar-refractivity contribution < 1.29 is 0 Å². The predicted octanol–water partition coefficient (Wildman–Crippen LogP) is 14.8. The molecule has 0 aromatic heterocycles. The molecule has 0 unspecified atom stereocenters. The lowest BCUT2D eigenvalue weighted by atomic mass is 9.89. The van der Waals surface area contributed by atoms with Crippen molar-refractivity contribution in [3.8, 4) is 33.4 Å². The highest BCUT2D eigenvalue weighted by molar-refractivity contribution is 6.28. The summed E-state index contributed by atoms with van der Waals surface area (Å²) in [5.74, 6) is 0. The summed E-state index contributed by atoms with van der Waals surface area (Å²) >= 11 is 0. The second-order valence-corrected chi connectivity index (χ2v) is 13.7. The lowest BCUT2D eigenvalue weighted by molar-refractivity contribution is 1.30. The van der Waals surface area contributed by atoms with Gasteiger partial charge in [-0.05, 0) is 101 Å². The molecule has 53 heavy (non-hydrogen) atoms. The van der Waals surface area contributed by atoms with E-state index in [9.17, 15) is 0 Å². The molecule has 0 saturated heterocycles. The molecule has 10 rings (SSSR count). The zero-order valence-corrected chi connectivity index (χ0v) is 29.2. The molecule has 0 bridgehead atoms. The molecule has 248 valence electrons. The van der Waals surface area contributed by atoms with Gasteiger partial charge in [0.15, 0.2) is 0 Å². The van der Waals surface area contributed by atoms with Gasteiger partial charge in [-0.1, -0.05) is 182 Å². The largest absolute Gasteiger partial charge is 0.310 e. The molecule has 0 aliphatic carbocycles. The molecule has 1 nitrogen and oxygen atoms in total. The lowest BCUT2D eigenvalue weighted by Gasteiger charge is -2.27. The van der Waals surface area contributed by atoms with Gasteiger partial charge in [0.1, 0.15) is 0 Å². The number of fused-ring (bicyclic) bond motifs is 7. The van der Waals surface area contributed by atoms with Crippen LogP contribution in [-0.4, -0.2) is 0 Å². The molecule has 0 amide bonds. The Bertz CT molecular complexity index is 2860. The molecule has 10 aromatic carbocycles. The number of anilines is 3. The third kappa shape index (κ3) is 5.42. The summed E-state index contributed by atoms with van der Waals surface area (Å²) in [6.45, 7) is 0. The Labute approximate surface area is 309 Å². The Hall–Kier alpha value is -6.96. The normalized spacial score (nSPS) is 11.4. The molecule has 0 aliphatic heterocycles. The van der Waals surface area contributed by atoms with Crippen molar-refractivity contribution in [2.45, 2.75) is 0 Å². The SMILES string of the molecule is c1ccc(-c2ccc(N(c3ccc(-c4ccc(-c5cccc6c7ccccc7c7ccccc7c56)cc4)cc3)c3cccc4ccccc34)cc2)cc1. The van der Waals surface area contributed by atoms with Crippen LogP contribution in [0.15, 0.2) is 212 Å². The highest BCUT2D eigenvalue weighted by Crippen LogP contribution is 2.42. The van der Waals surface area contributed by atoms with Crippen LogP contribution in [0, 0.1) is 0 Å². The zero-order chi connectivity index (χ0) is 35.1. The van der Waals surface area contributed by atoms with Crippen molar-refractivity contribution in [1.82, 2.24) is 0 Å². The van der Waals surface area contributed by atoms with Gasteiger partial charge in [-0.3, -0.25) is 0 Å². The molecule has 0 atom stereocenters. The first-order valence-electron chi connectivity index (χ1n) is 18.3. The molecular weight excluding hydrogens is 639 g/mol. The van der Waals surface area contributed by atoms with E-state index in [1.54, 1.807) is 0 Å². The van der Waals surface area contributed by atoms with Crippen molar-refractivity contribution in [1.29, 1.82) is 0 Å². The van der Waals surface area contributed by atoms with Crippen molar-refractivity contribution in [2.75, 3.05) is 4.90 Å². The van der Waals surface area contributed by atoms with Gasteiger partial charge in [-0.25, -0.2) is 0 Å². The van der Waals surface area contributed by atoms with E-state index in [-0.39, 0.29) is 0 Å². The maximum absolute atomic E-state index is 2.37. The first-order valence-corrected chi connectivity index (χ1v) is 18.3. The van der Waals surface area contributed by atoms with E-state index < -0.39 is 0 Å². The Morgan fingerprint density at radius 2 is 0.642 bits per heavy atom. The number of benzene rings is 10. The summed E-state index contributed by atoms with van der Waals surface area (Å²) < 4.78 is 0. The Morgan fingerprint density at radius 1 is 0.245 bits per heavy atom. The van der Waals surface area contributed by atoms with E-state index in [1.165, 1.54) is 76.5 Å². The Balaban J connectivity index is 1.03. The van der Waals surface area contributed by atoms with Crippen molar-refractivity contribution in [3.63, 3.8) is 0 Å². The molecule has 1 heteroatoms. The number of hydrogen-bond donors (Lipinski definition) is 0. The average molecular weight is 674 g/mol. The van der Waals surface area contributed by atoms with Crippen LogP contribution in [0.4, 0.5) is 17.1 Å². The van der Waals surface area contributed by atoms with E-state index in [1.807, 2.05) is 0 Å². The summed E-state index contributed by atoms with van der Waals surface area (Å²) in [7, 11) is 0. The van der Waals surface area contributed by atoms with Gasteiger partial charge in [0.25, 0.3) is 0 Å². The minimum Gasteiger partial charge on any atom is -0.310 e. The smallest absolute Gasteiger partial charge is 0.0540 e. The summed E-state index contributed by atoms with van der Waals surface area (Å²) in [5, 5.41) is 10.2. The lowest BCUT2D eigenvalue weighted by Crippen LogP contribution is -2.10. The van der Waals surface area contributed by atoms with E-state index in [0.717, 1.165) is 17.1 Å². The maximum Gasteiger partial charge on any atom is 0.0540 e. The van der Waals surface area contributed by atoms with Crippen LogP contribution in [0.5, 0.6) is 0 Å². The first kappa shape index (κ1) is 30.8. The molecule has 0 N–H and O–H groups in total. The Kier molecular flexibility index (Phi) is 7.55. The molecule has 0 saturated carbocycles. The van der Waals surface area contributed by atoms with Crippen molar-refractivity contribution in [2.24, 2.45) is 0 Å². The summed E-state index contributed by atoms with van der Waals surface area (Å²) in [6, 6.07) is 77.1. The standard InChI is InChI=1S/C52H35N/c1-2-12-36(13-3-1)38-28-32-42(33-29-38)53(51-23-10-15-40-14-4-5-16-44(40)51)43-34-30-39(31-35-43)37-24-26-41(27-25-37)45-21-11-22-50-48-18-7-6-17-46(48)47-19-8-9-20-49(47)52(45)50/h1-35H. The van der Waals surface area contributed by atoms with Gasteiger partial charge < -0.3 is 4.90 Å². The minimum atomic E-state index is 1.11. The molecule has 0 heterocycles. The van der Waals surface area contributed by atoms with Gasteiger partial charge in [0.05, 0.1) is 5.69 Å². The average Bonchev–Trinajstić information content (AvgIpc) is 3.25. The van der Waals surface area contributed by atoms with Gasteiger partial charge >= 0.3 is 0 Å². The number of nitrogens with zero attached hydrogens (tertiary/aromatic N) is 1. The summed E-state index contributed by atoms with van der Waals surface area (Å²) in [5.41, 5.74) is 10.7. The fourth-order valence-electron chi connectivity index (χ4n) is 8.11. The zero-order valence-electron chi connectivity index (χ0n) is 29.2. The van der Waals surface area contributed by atoms with Crippen LogP contribution in [-0.2, 0) is 0 Å². The molecule has 0 radical (unpaired) electrons.